The van der Waals surface area contributed by atoms with Gasteiger partial charge in [0.2, 0.25) is 5.88 Å². The Labute approximate surface area is 151 Å². The molecule has 2 aliphatic rings. The molecular formula is C17H23N3O4S. The van der Waals surface area contributed by atoms with Crippen molar-refractivity contribution in [2.75, 3.05) is 44.3 Å². The minimum absolute atomic E-state index is 0.0587. The van der Waals surface area contributed by atoms with E-state index in [0.717, 1.165) is 17.9 Å². The smallest absolute Gasteiger partial charge is 0.409 e. The van der Waals surface area contributed by atoms with E-state index in [-0.39, 0.29) is 18.1 Å². The lowest BCUT2D eigenvalue weighted by Crippen LogP contribution is -2.50. The molecule has 0 spiro atoms. The summed E-state index contributed by atoms with van der Waals surface area (Å²) >= 11 is 1.87. The molecule has 25 heavy (non-hydrogen) atoms. The maximum absolute atomic E-state index is 12.7. The molecule has 0 bridgehead atoms. The predicted octanol–water partition coefficient (Wildman–Crippen LogP) is 1.88. The van der Waals surface area contributed by atoms with E-state index < -0.39 is 0 Å². The summed E-state index contributed by atoms with van der Waals surface area (Å²) in [5.41, 5.74) is 0.570. The summed E-state index contributed by atoms with van der Waals surface area (Å²) in [4.78, 5) is 32.0. The Morgan fingerprint density at radius 1 is 1.28 bits per heavy atom. The summed E-state index contributed by atoms with van der Waals surface area (Å²) in [6.07, 6.45) is 2.49. The molecule has 2 amide bonds. The highest BCUT2D eigenvalue weighted by Gasteiger charge is 2.26. The van der Waals surface area contributed by atoms with Gasteiger partial charge in [-0.2, -0.15) is 11.8 Å². The van der Waals surface area contributed by atoms with Crippen LogP contribution < -0.4 is 4.74 Å². The molecule has 2 fully saturated rings. The van der Waals surface area contributed by atoms with Crippen molar-refractivity contribution in [2.45, 2.75) is 19.4 Å². The highest BCUT2D eigenvalue weighted by molar-refractivity contribution is 7.99. The van der Waals surface area contributed by atoms with Gasteiger partial charge in [0.15, 0.2) is 0 Å². The first-order chi connectivity index (χ1) is 12.2. The van der Waals surface area contributed by atoms with Gasteiger partial charge in [-0.1, -0.05) is 0 Å². The van der Waals surface area contributed by atoms with Crippen molar-refractivity contribution in [3.63, 3.8) is 0 Å². The van der Waals surface area contributed by atoms with Gasteiger partial charge in [0.1, 0.15) is 6.10 Å². The molecule has 1 atom stereocenters. The molecule has 1 unspecified atom stereocenters. The topological polar surface area (TPSA) is 72.0 Å². The molecule has 0 radical (unpaired) electrons. The molecule has 2 saturated heterocycles. The first-order valence-electron chi connectivity index (χ1n) is 8.59. The zero-order valence-corrected chi connectivity index (χ0v) is 15.2. The van der Waals surface area contributed by atoms with Gasteiger partial charge in [-0.05, 0) is 25.2 Å². The number of piperazine rings is 1. The van der Waals surface area contributed by atoms with Gasteiger partial charge in [-0.15, -0.1) is 0 Å². The average Bonchev–Trinajstić information content (AvgIpc) is 3.15. The van der Waals surface area contributed by atoms with Crippen LogP contribution in [-0.4, -0.2) is 77.2 Å². The fourth-order valence-electron chi connectivity index (χ4n) is 2.87. The first-order valence-corrected chi connectivity index (χ1v) is 9.74. The Kier molecular flexibility index (Phi) is 6.01. The molecule has 1 aromatic heterocycles. The number of amides is 2. The van der Waals surface area contributed by atoms with Crippen LogP contribution >= 0.6 is 11.8 Å². The number of carbonyl (C=O) groups is 2. The van der Waals surface area contributed by atoms with Gasteiger partial charge < -0.3 is 19.3 Å². The molecule has 0 saturated carbocycles. The van der Waals surface area contributed by atoms with Crippen LogP contribution in [0.3, 0.4) is 0 Å². The third-order valence-corrected chi connectivity index (χ3v) is 5.38. The number of ether oxygens (including phenoxy) is 2. The average molecular weight is 365 g/mol. The quantitative estimate of drug-likeness (QED) is 0.811. The summed E-state index contributed by atoms with van der Waals surface area (Å²) in [7, 11) is 0. The van der Waals surface area contributed by atoms with Gasteiger partial charge >= 0.3 is 6.09 Å². The van der Waals surface area contributed by atoms with Gasteiger partial charge in [0.05, 0.1) is 6.61 Å². The highest BCUT2D eigenvalue weighted by Crippen LogP contribution is 2.22. The van der Waals surface area contributed by atoms with E-state index in [4.69, 9.17) is 9.47 Å². The molecule has 3 heterocycles. The van der Waals surface area contributed by atoms with Crippen LogP contribution in [0.15, 0.2) is 18.3 Å². The van der Waals surface area contributed by atoms with E-state index in [1.54, 1.807) is 35.1 Å². The van der Waals surface area contributed by atoms with Crippen molar-refractivity contribution in [1.29, 1.82) is 0 Å². The number of thioether (sulfide) groups is 1. The zero-order chi connectivity index (χ0) is 17.6. The molecule has 8 heteroatoms. The summed E-state index contributed by atoms with van der Waals surface area (Å²) in [5.74, 6) is 2.52. The van der Waals surface area contributed by atoms with Crippen molar-refractivity contribution in [3.05, 3.63) is 23.9 Å². The Morgan fingerprint density at radius 2 is 2.04 bits per heavy atom. The standard InChI is InChI=1S/C17H23N3O4S/c1-2-23-17(22)20-8-6-19(7-9-20)16(21)13-3-5-18-15(11-13)24-14-4-10-25-12-14/h3,5,11,14H,2,4,6-10,12H2,1H3. The van der Waals surface area contributed by atoms with Gasteiger partial charge in [-0.3, -0.25) is 4.79 Å². The van der Waals surface area contributed by atoms with Crippen molar-refractivity contribution in [1.82, 2.24) is 14.8 Å². The fourth-order valence-corrected chi connectivity index (χ4v) is 3.97. The number of rotatable bonds is 4. The van der Waals surface area contributed by atoms with Gasteiger partial charge in [0.25, 0.3) is 5.91 Å². The Balaban J connectivity index is 1.57. The lowest BCUT2D eigenvalue weighted by molar-refractivity contribution is 0.0570. The minimum atomic E-state index is -0.316. The van der Waals surface area contributed by atoms with Crippen LogP contribution in [0.5, 0.6) is 5.88 Å². The zero-order valence-electron chi connectivity index (χ0n) is 14.3. The second kappa shape index (κ2) is 8.42. The van der Waals surface area contributed by atoms with Crippen molar-refractivity contribution in [2.24, 2.45) is 0 Å². The van der Waals surface area contributed by atoms with Crippen molar-refractivity contribution in [3.8, 4) is 5.88 Å². The predicted molar refractivity (Wildman–Crippen MR) is 95.1 cm³/mol. The minimum Gasteiger partial charge on any atom is -0.473 e. The van der Waals surface area contributed by atoms with Gasteiger partial charge in [-0.25, -0.2) is 9.78 Å². The maximum atomic E-state index is 12.7. The normalized spacial score (nSPS) is 20.4. The summed E-state index contributed by atoms with van der Waals surface area (Å²) in [6, 6.07) is 3.42. The third kappa shape index (κ3) is 4.56. The van der Waals surface area contributed by atoms with Crippen LogP contribution in [0.25, 0.3) is 0 Å². The maximum Gasteiger partial charge on any atom is 0.409 e. The molecule has 0 aliphatic carbocycles. The Bertz CT molecular complexity index is 614. The molecule has 0 N–H and O–H groups in total. The second-order valence-corrected chi connectivity index (χ2v) is 7.11. The van der Waals surface area contributed by atoms with Crippen LogP contribution in [0.2, 0.25) is 0 Å². The number of carbonyl (C=O) groups excluding carboxylic acids is 2. The highest BCUT2D eigenvalue weighted by atomic mass is 32.2. The van der Waals surface area contributed by atoms with E-state index in [9.17, 15) is 9.59 Å². The first kappa shape index (κ1) is 17.8. The fraction of sp³-hybridized carbons (Fsp3) is 0.588. The third-order valence-electron chi connectivity index (χ3n) is 4.25. The molecule has 1 aromatic rings. The molecule has 7 nitrogen and oxygen atoms in total. The SMILES string of the molecule is CCOC(=O)N1CCN(C(=O)c2ccnc(OC3CCSC3)c2)CC1. The molecular weight excluding hydrogens is 342 g/mol. The lowest BCUT2D eigenvalue weighted by atomic mass is 10.2. The lowest BCUT2D eigenvalue weighted by Gasteiger charge is -2.34. The van der Waals surface area contributed by atoms with Crippen LogP contribution in [-0.2, 0) is 4.74 Å². The number of aromatic nitrogens is 1. The van der Waals surface area contributed by atoms with Crippen molar-refractivity contribution < 1.29 is 19.1 Å². The molecule has 136 valence electrons. The van der Waals surface area contributed by atoms with E-state index in [0.29, 0.717) is 44.2 Å². The number of hydrogen-bond acceptors (Lipinski definition) is 6. The second-order valence-electron chi connectivity index (χ2n) is 5.96. The van der Waals surface area contributed by atoms with Crippen LogP contribution in [0, 0.1) is 0 Å². The molecule has 2 aliphatic heterocycles. The van der Waals surface area contributed by atoms with Crippen LogP contribution in [0.1, 0.15) is 23.7 Å². The summed E-state index contributed by atoms with van der Waals surface area (Å²) < 4.78 is 10.9. The van der Waals surface area contributed by atoms with E-state index in [1.807, 2.05) is 11.8 Å². The molecule has 3 rings (SSSR count). The summed E-state index contributed by atoms with van der Waals surface area (Å²) in [6.45, 7) is 4.10. The number of nitrogens with zero attached hydrogens (tertiary/aromatic N) is 3. The van der Waals surface area contributed by atoms with Gasteiger partial charge in [0, 0.05) is 49.8 Å². The largest absolute Gasteiger partial charge is 0.473 e. The van der Waals surface area contributed by atoms with Crippen molar-refractivity contribution >= 4 is 23.8 Å². The Hall–Kier alpha value is -1.96. The monoisotopic (exact) mass is 365 g/mol. The summed E-state index contributed by atoms with van der Waals surface area (Å²) in [5, 5.41) is 0. The number of hydrogen-bond donors (Lipinski definition) is 0. The van der Waals surface area contributed by atoms with Crippen LogP contribution in [0.4, 0.5) is 4.79 Å². The van der Waals surface area contributed by atoms with E-state index in [2.05, 4.69) is 4.98 Å². The number of pyridine rings is 1. The van der Waals surface area contributed by atoms with E-state index in [1.165, 1.54) is 0 Å². The molecule has 0 aromatic carbocycles. The Morgan fingerprint density at radius 3 is 2.72 bits per heavy atom. The van der Waals surface area contributed by atoms with E-state index >= 15 is 0 Å².